The Morgan fingerprint density at radius 2 is 1.53 bits per heavy atom. The van der Waals surface area contributed by atoms with Crippen molar-refractivity contribution in [2.75, 3.05) is 38.2 Å². The number of rotatable bonds is 21. The summed E-state index contributed by atoms with van der Waals surface area (Å²) < 4.78 is 16.2. The third-order valence-corrected chi connectivity index (χ3v) is 9.68. The number of ether oxygens (including phenoxy) is 3. The highest BCUT2D eigenvalue weighted by molar-refractivity contribution is 6.04. The molecule has 57 heavy (non-hydrogen) atoms. The second kappa shape index (κ2) is 22.3. The Labute approximate surface area is 334 Å². The Morgan fingerprint density at radius 1 is 0.842 bits per heavy atom. The minimum absolute atomic E-state index is 0.0209. The van der Waals surface area contributed by atoms with E-state index in [9.17, 15) is 33.6 Å². The molecule has 1 aliphatic heterocycles. The first kappa shape index (κ1) is 45.9. The summed E-state index contributed by atoms with van der Waals surface area (Å²) in [5, 5.41) is 10.6. The largest absolute Gasteiger partial charge is 0.461 e. The van der Waals surface area contributed by atoms with Gasteiger partial charge in [0.25, 0.3) is 0 Å². The molecule has 0 aliphatic carbocycles. The first-order chi connectivity index (χ1) is 27.0. The summed E-state index contributed by atoms with van der Waals surface area (Å²) in [6.07, 6.45) is -0.259. The van der Waals surface area contributed by atoms with Gasteiger partial charge >= 0.3 is 18.1 Å². The lowest BCUT2D eigenvalue weighted by atomic mass is 9.80. The van der Waals surface area contributed by atoms with Gasteiger partial charge in [-0.25, -0.2) is 9.59 Å². The number of carbonyl (C=O) groups is 7. The molecule has 2 aromatic carbocycles. The van der Waals surface area contributed by atoms with Crippen molar-refractivity contribution in [2.24, 2.45) is 28.9 Å². The van der Waals surface area contributed by atoms with Crippen molar-refractivity contribution in [2.45, 2.75) is 85.9 Å². The van der Waals surface area contributed by atoms with E-state index < -0.39 is 36.0 Å². The molecule has 6 N–H and O–H groups in total. The van der Waals surface area contributed by atoms with Crippen LogP contribution in [0.5, 0.6) is 0 Å². The van der Waals surface area contributed by atoms with Crippen molar-refractivity contribution < 1.29 is 47.8 Å². The molecule has 0 aromatic heterocycles. The molecule has 3 rings (SSSR count). The number of alkyl carbamates (subject to hydrolysis) is 1. The molecule has 0 saturated carbocycles. The van der Waals surface area contributed by atoms with Crippen LogP contribution in [0.1, 0.15) is 71.9 Å². The SMILES string of the molecule is CC(C)C(C)C(=O)OCc1ccc(NC(=O)[C@H](CCCNC(N)=O)NC(=O)[C@@H](Cc2ccccc2)NC(=O)OCCOCCN2C(=O)CC(C(C)(C)C)C2=O)cc1. The van der Waals surface area contributed by atoms with Crippen molar-refractivity contribution in [1.82, 2.24) is 20.9 Å². The number of esters is 1. The molecular weight excluding hydrogens is 736 g/mol. The van der Waals surface area contributed by atoms with Gasteiger partial charge in [-0.2, -0.15) is 0 Å². The number of hydrogen-bond donors (Lipinski definition) is 5. The van der Waals surface area contributed by atoms with Gasteiger partial charge in [0.05, 0.1) is 31.6 Å². The van der Waals surface area contributed by atoms with Gasteiger partial charge < -0.3 is 41.2 Å². The Morgan fingerprint density at radius 3 is 2.14 bits per heavy atom. The summed E-state index contributed by atoms with van der Waals surface area (Å²) in [6.45, 7) is 11.6. The van der Waals surface area contributed by atoms with Crippen LogP contribution in [-0.4, -0.2) is 91.6 Å². The highest BCUT2D eigenvalue weighted by Crippen LogP contribution is 2.35. The summed E-state index contributed by atoms with van der Waals surface area (Å²) in [7, 11) is 0. The zero-order chi connectivity index (χ0) is 42.1. The molecular formula is C41H58N6O10. The molecule has 16 nitrogen and oxygen atoms in total. The van der Waals surface area contributed by atoms with Crippen molar-refractivity contribution in [1.29, 1.82) is 0 Å². The van der Waals surface area contributed by atoms with Crippen molar-refractivity contribution in [3.63, 3.8) is 0 Å². The van der Waals surface area contributed by atoms with E-state index in [0.717, 1.165) is 11.1 Å². The van der Waals surface area contributed by atoms with Crippen molar-refractivity contribution in [3.05, 3.63) is 65.7 Å². The summed E-state index contributed by atoms with van der Waals surface area (Å²) >= 11 is 0. The summed E-state index contributed by atoms with van der Waals surface area (Å²) in [4.78, 5) is 90.0. The number of likely N-dealkylation sites (tertiary alicyclic amines) is 1. The zero-order valence-electron chi connectivity index (χ0n) is 33.8. The number of primary amides is 1. The van der Waals surface area contributed by atoms with Gasteiger partial charge in [-0.05, 0) is 47.4 Å². The second-order valence-electron chi connectivity index (χ2n) is 15.5. The average molecular weight is 795 g/mol. The summed E-state index contributed by atoms with van der Waals surface area (Å²) in [6, 6.07) is 12.7. The molecule has 1 fully saturated rings. The van der Waals surface area contributed by atoms with E-state index in [1.54, 1.807) is 48.5 Å². The maximum absolute atomic E-state index is 13.8. The van der Waals surface area contributed by atoms with Crippen LogP contribution in [-0.2, 0) is 51.2 Å². The highest BCUT2D eigenvalue weighted by atomic mass is 16.6. The normalized spacial score (nSPS) is 15.7. The fourth-order valence-electron chi connectivity index (χ4n) is 5.82. The van der Waals surface area contributed by atoms with Gasteiger partial charge in [-0.15, -0.1) is 0 Å². The van der Waals surface area contributed by atoms with Gasteiger partial charge in [0.15, 0.2) is 0 Å². The van der Waals surface area contributed by atoms with E-state index in [1.165, 1.54) is 4.90 Å². The zero-order valence-corrected chi connectivity index (χ0v) is 33.8. The Hall–Kier alpha value is -5.51. The molecule has 2 unspecified atom stereocenters. The number of hydrogen-bond acceptors (Lipinski definition) is 10. The lowest BCUT2D eigenvalue weighted by Gasteiger charge is -2.24. The van der Waals surface area contributed by atoms with E-state index >= 15 is 0 Å². The predicted octanol–water partition coefficient (Wildman–Crippen LogP) is 3.67. The number of carbonyl (C=O) groups excluding carboxylic acids is 7. The smallest absolute Gasteiger partial charge is 0.407 e. The van der Waals surface area contributed by atoms with Crippen LogP contribution >= 0.6 is 0 Å². The minimum atomic E-state index is -1.15. The van der Waals surface area contributed by atoms with E-state index in [2.05, 4.69) is 21.3 Å². The molecule has 7 amide bonds. The first-order valence-corrected chi connectivity index (χ1v) is 19.3. The molecule has 16 heteroatoms. The summed E-state index contributed by atoms with van der Waals surface area (Å²) in [5.41, 5.74) is 6.73. The molecule has 4 atom stereocenters. The number of amides is 7. The van der Waals surface area contributed by atoms with E-state index in [0.29, 0.717) is 5.69 Å². The molecule has 312 valence electrons. The number of nitrogens with one attached hydrogen (secondary N) is 4. The molecule has 2 aromatic rings. The molecule has 0 bridgehead atoms. The Balaban J connectivity index is 1.60. The van der Waals surface area contributed by atoms with E-state index in [1.807, 2.05) is 47.6 Å². The van der Waals surface area contributed by atoms with Gasteiger partial charge in [0, 0.05) is 25.1 Å². The maximum atomic E-state index is 13.8. The molecule has 1 saturated heterocycles. The monoisotopic (exact) mass is 794 g/mol. The number of anilines is 1. The van der Waals surface area contributed by atoms with E-state index in [-0.39, 0.29) is 106 Å². The molecule has 1 aliphatic rings. The third kappa shape index (κ3) is 15.5. The predicted molar refractivity (Wildman–Crippen MR) is 211 cm³/mol. The third-order valence-electron chi connectivity index (χ3n) is 9.68. The standard InChI is InChI=1S/C41H58N6O10/c1-26(2)27(3)38(52)57-25-29-14-16-30(17-15-29)44-35(49)32(13-10-18-43-39(42)53)45-36(50)33(23-28-11-8-7-9-12-28)46-40(54)56-22-21-55-20-19-47-34(48)24-31(37(47)51)41(4,5)6/h7-9,11-12,14-17,26-27,31-33H,10,13,18-25H2,1-6H3,(H,44,49)(H,45,50)(H,46,54)(H3,42,43,53)/t27?,31?,32-,33+/m0/s1. The van der Waals surface area contributed by atoms with Gasteiger partial charge in [-0.1, -0.05) is 84.0 Å². The van der Waals surface area contributed by atoms with Crippen molar-refractivity contribution in [3.8, 4) is 0 Å². The van der Waals surface area contributed by atoms with Crippen LogP contribution in [0.25, 0.3) is 0 Å². The fourth-order valence-corrected chi connectivity index (χ4v) is 5.82. The quantitative estimate of drug-likeness (QED) is 0.0701. The molecule has 0 spiro atoms. The van der Waals surface area contributed by atoms with Crippen LogP contribution < -0.4 is 27.0 Å². The maximum Gasteiger partial charge on any atom is 0.407 e. The average Bonchev–Trinajstić information content (AvgIpc) is 3.45. The van der Waals surface area contributed by atoms with E-state index in [4.69, 9.17) is 19.9 Å². The second-order valence-corrected chi connectivity index (χ2v) is 15.5. The van der Waals surface area contributed by atoms with Crippen LogP contribution in [0.3, 0.4) is 0 Å². The van der Waals surface area contributed by atoms with Gasteiger partial charge in [0.2, 0.25) is 23.6 Å². The number of nitrogens with two attached hydrogens (primary N) is 1. The Bertz CT molecular complexity index is 1680. The lowest BCUT2D eigenvalue weighted by molar-refractivity contribution is -0.150. The Kier molecular flexibility index (Phi) is 17.9. The number of urea groups is 1. The number of benzene rings is 2. The first-order valence-electron chi connectivity index (χ1n) is 19.3. The minimum Gasteiger partial charge on any atom is -0.461 e. The topological polar surface area (TPSA) is 225 Å². The molecule has 0 radical (unpaired) electrons. The van der Waals surface area contributed by atoms with Gasteiger partial charge in [0.1, 0.15) is 25.3 Å². The molecule has 1 heterocycles. The number of imide groups is 1. The summed E-state index contributed by atoms with van der Waals surface area (Å²) in [5.74, 6) is -2.46. The van der Waals surface area contributed by atoms with Gasteiger partial charge in [-0.3, -0.25) is 28.9 Å². The van der Waals surface area contributed by atoms with Crippen LogP contribution in [0.4, 0.5) is 15.3 Å². The van der Waals surface area contributed by atoms with Crippen LogP contribution in [0, 0.1) is 23.2 Å². The number of nitrogens with zero attached hydrogens (tertiary/aromatic N) is 1. The lowest BCUT2D eigenvalue weighted by Crippen LogP contribution is -2.53. The van der Waals surface area contributed by atoms with Crippen LogP contribution in [0.15, 0.2) is 54.6 Å². The fraction of sp³-hybridized carbons (Fsp3) is 0.537. The van der Waals surface area contributed by atoms with Crippen molar-refractivity contribution >= 4 is 47.4 Å². The van der Waals surface area contributed by atoms with Crippen LogP contribution in [0.2, 0.25) is 0 Å². The highest BCUT2D eigenvalue weighted by Gasteiger charge is 2.44.